The number of nitrogens with zero attached hydrogens (tertiary/aromatic N) is 2. The highest BCUT2D eigenvalue weighted by Crippen LogP contribution is 2.64. The minimum atomic E-state index is -0.377. The second-order valence-electron chi connectivity index (χ2n) is 16.0. The van der Waals surface area contributed by atoms with Gasteiger partial charge in [-0.1, -0.05) is 159 Å². The van der Waals surface area contributed by atoms with Gasteiger partial charge in [-0.15, -0.1) is 0 Å². The van der Waals surface area contributed by atoms with Crippen molar-refractivity contribution in [2.24, 2.45) is 5.92 Å². The first-order valence-corrected chi connectivity index (χ1v) is 20.6. The SMILES string of the molecule is CC1C=CC2=C(c3ccccc3C23c2ccccc2-c2ccccc23)C1N(c1ccccc1)c1ccc(-c2ccc(N3c4ccccc4Oc4ccccc43)cc2)cc1. The number of ether oxygens (including phenoxy) is 1. The van der Waals surface area contributed by atoms with Crippen molar-refractivity contribution in [1.82, 2.24) is 0 Å². The van der Waals surface area contributed by atoms with E-state index in [1.165, 1.54) is 67.0 Å². The first-order valence-electron chi connectivity index (χ1n) is 20.6. The van der Waals surface area contributed by atoms with E-state index in [2.05, 4.69) is 205 Å². The van der Waals surface area contributed by atoms with Gasteiger partial charge in [0.1, 0.15) is 0 Å². The lowest BCUT2D eigenvalue weighted by Gasteiger charge is -2.41. The molecule has 12 rings (SSSR count). The second-order valence-corrected chi connectivity index (χ2v) is 16.0. The van der Waals surface area contributed by atoms with Gasteiger partial charge in [0.15, 0.2) is 11.5 Å². The third-order valence-corrected chi connectivity index (χ3v) is 13.0. The molecule has 0 saturated carbocycles. The van der Waals surface area contributed by atoms with Crippen LogP contribution in [0.2, 0.25) is 0 Å². The average molecular weight is 757 g/mol. The molecule has 2 unspecified atom stereocenters. The standard InChI is InChI=1S/C56H40N2O/c1-37-27-36-49-54(45-19-7-10-22-48(45)56(49)46-20-8-5-17-43(46)44-18-6-9-21-47(44)56)55(37)57(40-15-3-2-4-16-40)41-32-28-38(29-33-41)39-30-34-42(35-31-39)58-50-23-11-13-25-52(50)59-53-26-14-12-24-51(53)58/h2-37,55H,1H3. The van der Waals surface area contributed by atoms with E-state index < -0.39 is 0 Å². The molecule has 0 amide bonds. The van der Waals surface area contributed by atoms with Gasteiger partial charge in [0.25, 0.3) is 0 Å². The van der Waals surface area contributed by atoms with Crippen LogP contribution in [0, 0.1) is 5.92 Å². The summed E-state index contributed by atoms with van der Waals surface area (Å²) in [5.41, 5.74) is 18.4. The summed E-state index contributed by atoms with van der Waals surface area (Å²) in [6.45, 7) is 2.38. The van der Waals surface area contributed by atoms with Crippen LogP contribution in [-0.2, 0) is 5.41 Å². The molecule has 59 heavy (non-hydrogen) atoms. The lowest BCUT2D eigenvalue weighted by atomic mass is 9.68. The van der Waals surface area contributed by atoms with Crippen LogP contribution in [0.1, 0.15) is 29.2 Å². The monoisotopic (exact) mass is 756 g/mol. The number of allylic oxidation sites excluding steroid dienone is 2. The highest BCUT2D eigenvalue weighted by atomic mass is 16.5. The molecule has 0 bridgehead atoms. The average Bonchev–Trinajstić information content (AvgIpc) is 3.77. The van der Waals surface area contributed by atoms with Crippen LogP contribution in [0.25, 0.3) is 27.8 Å². The molecular formula is C56H40N2O. The van der Waals surface area contributed by atoms with E-state index in [-0.39, 0.29) is 17.4 Å². The van der Waals surface area contributed by atoms with Gasteiger partial charge in [-0.2, -0.15) is 0 Å². The van der Waals surface area contributed by atoms with Gasteiger partial charge in [-0.25, -0.2) is 0 Å². The first kappa shape index (κ1) is 33.7. The highest BCUT2D eigenvalue weighted by molar-refractivity contribution is 5.99. The molecule has 3 nitrogen and oxygen atoms in total. The number of benzene rings is 8. The van der Waals surface area contributed by atoms with Crippen molar-refractivity contribution in [2.75, 3.05) is 9.80 Å². The molecule has 3 aliphatic carbocycles. The topological polar surface area (TPSA) is 15.7 Å². The van der Waals surface area contributed by atoms with Gasteiger partial charge in [-0.3, -0.25) is 0 Å². The fourth-order valence-electron chi connectivity index (χ4n) is 10.5. The third-order valence-electron chi connectivity index (χ3n) is 13.0. The Morgan fingerprint density at radius 3 is 1.56 bits per heavy atom. The zero-order valence-electron chi connectivity index (χ0n) is 32.7. The second kappa shape index (κ2) is 13.1. The van der Waals surface area contributed by atoms with Crippen molar-refractivity contribution in [3.05, 3.63) is 240 Å². The largest absolute Gasteiger partial charge is 0.453 e. The number of hydrogen-bond donors (Lipinski definition) is 0. The summed E-state index contributed by atoms with van der Waals surface area (Å²) >= 11 is 0. The van der Waals surface area contributed by atoms with Crippen molar-refractivity contribution in [3.63, 3.8) is 0 Å². The third kappa shape index (κ3) is 4.88. The van der Waals surface area contributed by atoms with Gasteiger partial charge in [-0.05, 0) is 122 Å². The van der Waals surface area contributed by atoms with Crippen molar-refractivity contribution >= 4 is 34.0 Å². The molecule has 8 aromatic carbocycles. The van der Waals surface area contributed by atoms with Crippen molar-refractivity contribution in [3.8, 4) is 33.8 Å². The smallest absolute Gasteiger partial charge is 0.151 e. The minimum Gasteiger partial charge on any atom is -0.453 e. The molecule has 0 aromatic heterocycles. The number of para-hydroxylation sites is 5. The van der Waals surface area contributed by atoms with E-state index in [9.17, 15) is 0 Å². The summed E-state index contributed by atoms with van der Waals surface area (Å²) in [6, 6.07) is 72.9. The molecule has 0 N–H and O–H groups in total. The van der Waals surface area contributed by atoms with Gasteiger partial charge >= 0.3 is 0 Å². The molecule has 0 fully saturated rings. The van der Waals surface area contributed by atoms with Crippen molar-refractivity contribution in [2.45, 2.75) is 18.4 Å². The molecule has 280 valence electrons. The molecule has 4 aliphatic rings. The van der Waals surface area contributed by atoms with E-state index in [4.69, 9.17) is 4.74 Å². The number of fused-ring (bicyclic) bond motifs is 11. The van der Waals surface area contributed by atoms with E-state index in [0.29, 0.717) is 0 Å². The fraction of sp³-hybridized carbons (Fsp3) is 0.0714. The molecule has 0 radical (unpaired) electrons. The number of hydrogen-bond acceptors (Lipinski definition) is 3. The Hall–Kier alpha value is -7.36. The van der Waals surface area contributed by atoms with E-state index in [1.54, 1.807) is 0 Å². The predicted octanol–water partition coefficient (Wildman–Crippen LogP) is 14.4. The Labute approximate surface area is 345 Å². The quantitative estimate of drug-likeness (QED) is 0.174. The molecule has 3 heteroatoms. The lowest BCUT2D eigenvalue weighted by Crippen LogP contribution is -2.39. The van der Waals surface area contributed by atoms with Crippen LogP contribution in [0.15, 0.2) is 218 Å². The summed E-state index contributed by atoms with van der Waals surface area (Å²) in [5, 5.41) is 0. The van der Waals surface area contributed by atoms with Gasteiger partial charge in [0, 0.05) is 17.1 Å². The fourth-order valence-corrected chi connectivity index (χ4v) is 10.5. The Kier molecular flexibility index (Phi) is 7.49. The predicted molar refractivity (Wildman–Crippen MR) is 242 cm³/mol. The van der Waals surface area contributed by atoms with E-state index >= 15 is 0 Å². The zero-order chi connectivity index (χ0) is 39.1. The summed E-state index contributed by atoms with van der Waals surface area (Å²) in [7, 11) is 0. The minimum absolute atomic E-state index is 0.0576. The molecule has 1 heterocycles. The van der Waals surface area contributed by atoms with Gasteiger partial charge in [0.05, 0.1) is 22.8 Å². The molecule has 8 aromatic rings. The summed E-state index contributed by atoms with van der Waals surface area (Å²) in [6.07, 6.45) is 4.91. The summed E-state index contributed by atoms with van der Waals surface area (Å²) in [5.74, 6) is 1.95. The Morgan fingerprint density at radius 1 is 0.475 bits per heavy atom. The van der Waals surface area contributed by atoms with Crippen LogP contribution in [0.4, 0.5) is 28.4 Å². The van der Waals surface area contributed by atoms with Gasteiger partial charge in [0.2, 0.25) is 0 Å². The molecular weight excluding hydrogens is 717 g/mol. The lowest BCUT2D eigenvalue weighted by molar-refractivity contribution is 0.477. The molecule has 0 saturated heterocycles. The maximum Gasteiger partial charge on any atom is 0.151 e. The Morgan fingerprint density at radius 2 is 0.949 bits per heavy atom. The highest BCUT2D eigenvalue weighted by Gasteiger charge is 2.54. The summed E-state index contributed by atoms with van der Waals surface area (Å²) < 4.78 is 6.28. The normalized spacial score (nSPS) is 17.3. The van der Waals surface area contributed by atoms with Gasteiger partial charge < -0.3 is 14.5 Å². The van der Waals surface area contributed by atoms with Crippen molar-refractivity contribution < 1.29 is 4.74 Å². The van der Waals surface area contributed by atoms with E-state index in [1.807, 2.05) is 24.3 Å². The first-order chi connectivity index (χ1) is 29.2. The molecule has 2 atom stereocenters. The zero-order valence-corrected chi connectivity index (χ0v) is 32.7. The van der Waals surface area contributed by atoms with Crippen molar-refractivity contribution in [1.29, 1.82) is 0 Å². The Balaban J connectivity index is 0.961. The molecule has 1 spiro atoms. The number of rotatable bonds is 5. The van der Waals surface area contributed by atoms with Crippen LogP contribution in [0.3, 0.4) is 0 Å². The van der Waals surface area contributed by atoms with Crippen LogP contribution >= 0.6 is 0 Å². The summed E-state index contributed by atoms with van der Waals surface area (Å²) in [4.78, 5) is 4.88. The maximum atomic E-state index is 6.28. The van der Waals surface area contributed by atoms with E-state index in [0.717, 1.165) is 28.6 Å². The number of anilines is 5. The Bertz CT molecular complexity index is 2910. The van der Waals surface area contributed by atoms with Crippen LogP contribution in [-0.4, -0.2) is 6.04 Å². The van der Waals surface area contributed by atoms with Crippen LogP contribution < -0.4 is 14.5 Å². The maximum absolute atomic E-state index is 6.28. The molecule has 1 aliphatic heterocycles. The van der Waals surface area contributed by atoms with Crippen LogP contribution in [0.5, 0.6) is 11.5 Å².